The van der Waals surface area contributed by atoms with Crippen LogP contribution in [-0.4, -0.2) is 21.7 Å². The maximum Gasteiger partial charge on any atom is 0.276 e. The number of rotatable bonds is 9. The van der Waals surface area contributed by atoms with E-state index in [1.807, 2.05) is 30.3 Å². The molecule has 0 aliphatic heterocycles. The molecule has 0 saturated carbocycles. The van der Waals surface area contributed by atoms with E-state index >= 15 is 0 Å². The van der Waals surface area contributed by atoms with Crippen molar-refractivity contribution in [2.24, 2.45) is 0 Å². The molecule has 0 aliphatic carbocycles. The summed E-state index contributed by atoms with van der Waals surface area (Å²) >= 11 is 7.26. The molecule has 0 amide bonds. The van der Waals surface area contributed by atoms with Crippen LogP contribution in [0.3, 0.4) is 0 Å². The Morgan fingerprint density at radius 2 is 1.85 bits per heavy atom. The summed E-state index contributed by atoms with van der Waals surface area (Å²) in [6.45, 7) is 0.196. The summed E-state index contributed by atoms with van der Waals surface area (Å²) in [5.41, 5.74) is 0.747. The highest BCUT2D eigenvalue weighted by atomic mass is 35.5. The fourth-order valence-corrected chi connectivity index (χ4v) is 3.03. The largest absolute Gasteiger partial charge is 0.484 e. The lowest BCUT2D eigenvalue weighted by atomic mass is 10.1. The summed E-state index contributed by atoms with van der Waals surface area (Å²) in [5, 5.41) is 9.06. The third kappa shape index (κ3) is 5.61. The molecule has 26 heavy (non-hydrogen) atoms. The Labute approximate surface area is 160 Å². The molecule has 0 atom stereocenters. The minimum absolute atomic E-state index is 0.147. The highest BCUT2D eigenvalue weighted by molar-refractivity contribution is 7.99. The molecule has 3 aromatic rings. The number of hydrogen-bond acceptors (Lipinski definition) is 6. The van der Waals surface area contributed by atoms with E-state index in [4.69, 9.17) is 20.8 Å². The van der Waals surface area contributed by atoms with Crippen LogP contribution >= 0.6 is 23.4 Å². The van der Waals surface area contributed by atoms with Crippen molar-refractivity contribution in [3.05, 3.63) is 71.1 Å². The maximum absolute atomic E-state index is 12.0. The van der Waals surface area contributed by atoms with Crippen molar-refractivity contribution in [3.8, 4) is 5.75 Å². The van der Waals surface area contributed by atoms with Crippen LogP contribution in [0.15, 0.2) is 64.2 Å². The van der Waals surface area contributed by atoms with Gasteiger partial charge in [-0.3, -0.25) is 4.79 Å². The van der Waals surface area contributed by atoms with Crippen molar-refractivity contribution in [2.75, 3.05) is 5.75 Å². The van der Waals surface area contributed by atoms with E-state index in [-0.39, 0.29) is 12.4 Å². The number of halogens is 1. The van der Waals surface area contributed by atoms with Gasteiger partial charge in [0.25, 0.3) is 11.1 Å². The molecule has 3 rings (SSSR count). The molecule has 0 N–H and O–H groups in total. The van der Waals surface area contributed by atoms with Gasteiger partial charge >= 0.3 is 0 Å². The van der Waals surface area contributed by atoms with Crippen LogP contribution in [0.5, 0.6) is 5.75 Å². The van der Waals surface area contributed by atoms with Gasteiger partial charge in [-0.25, -0.2) is 0 Å². The number of nitrogens with zero attached hydrogens (tertiary/aromatic N) is 2. The number of carbonyl (C=O) groups excluding carboxylic acids is 1. The van der Waals surface area contributed by atoms with Gasteiger partial charge in [0.15, 0.2) is 12.4 Å². The number of ether oxygens (including phenoxy) is 1. The Hall–Kier alpha value is -2.31. The second-order valence-corrected chi connectivity index (χ2v) is 6.93. The van der Waals surface area contributed by atoms with Crippen molar-refractivity contribution >= 4 is 29.1 Å². The van der Waals surface area contributed by atoms with E-state index in [1.54, 1.807) is 24.3 Å². The summed E-state index contributed by atoms with van der Waals surface area (Å²) in [6, 6.07) is 16.4. The average Bonchev–Trinajstić information content (AvgIpc) is 3.13. The minimum Gasteiger partial charge on any atom is -0.484 e. The highest BCUT2D eigenvalue weighted by Crippen LogP contribution is 2.20. The Balaban J connectivity index is 1.38. The first kappa shape index (κ1) is 18.5. The Morgan fingerprint density at radius 3 is 2.62 bits per heavy atom. The van der Waals surface area contributed by atoms with Crippen LogP contribution in [-0.2, 0) is 6.61 Å². The third-order valence-electron chi connectivity index (χ3n) is 3.49. The Morgan fingerprint density at radius 1 is 1.08 bits per heavy atom. The summed E-state index contributed by atoms with van der Waals surface area (Å²) < 4.78 is 11.1. The molecule has 1 heterocycles. The van der Waals surface area contributed by atoms with Crippen LogP contribution in [0.2, 0.25) is 5.02 Å². The summed E-state index contributed by atoms with van der Waals surface area (Å²) in [7, 11) is 0. The number of hydrogen-bond donors (Lipinski definition) is 0. The Kier molecular flexibility index (Phi) is 6.68. The molecule has 1 aromatic heterocycles. The predicted molar refractivity (Wildman–Crippen MR) is 101 cm³/mol. The van der Waals surface area contributed by atoms with Gasteiger partial charge in [-0.2, -0.15) is 0 Å². The first-order valence-electron chi connectivity index (χ1n) is 8.12. The van der Waals surface area contributed by atoms with Crippen LogP contribution < -0.4 is 4.74 Å². The van der Waals surface area contributed by atoms with Crippen molar-refractivity contribution in [2.45, 2.75) is 24.7 Å². The first-order chi connectivity index (χ1) is 12.7. The van der Waals surface area contributed by atoms with Crippen LogP contribution in [0.1, 0.15) is 29.1 Å². The molecule has 5 nitrogen and oxygen atoms in total. The molecule has 134 valence electrons. The van der Waals surface area contributed by atoms with Crippen molar-refractivity contribution in [1.29, 1.82) is 0 Å². The van der Waals surface area contributed by atoms with Crippen molar-refractivity contribution in [1.82, 2.24) is 10.2 Å². The third-order valence-corrected chi connectivity index (χ3v) is 4.65. The minimum atomic E-state index is 0.147. The zero-order chi connectivity index (χ0) is 18.2. The van der Waals surface area contributed by atoms with E-state index in [1.165, 1.54) is 11.8 Å². The Bertz CT molecular complexity index is 838. The monoisotopic (exact) mass is 388 g/mol. The number of aromatic nitrogens is 2. The number of carbonyl (C=O) groups is 1. The summed E-state index contributed by atoms with van der Waals surface area (Å²) in [6.07, 6.45) is 1.25. The van der Waals surface area contributed by atoms with Crippen LogP contribution in [0, 0.1) is 0 Å². The van der Waals surface area contributed by atoms with E-state index in [2.05, 4.69) is 10.2 Å². The standard InChI is InChI=1S/C19H17ClN2O3S/c20-15-8-10-16(11-9-15)24-13-18-21-22-19(25-18)26-12-4-7-17(23)14-5-2-1-3-6-14/h1-3,5-6,8-11H,4,7,12-13H2. The molecule has 7 heteroatoms. The smallest absolute Gasteiger partial charge is 0.276 e. The predicted octanol–water partition coefficient (Wildman–Crippen LogP) is 5.06. The number of thioether (sulfide) groups is 1. The van der Waals surface area contributed by atoms with E-state index < -0.39 is 0 Å². The summed E-state index contributed by atoms with van der Waals surface area (Å²) in [4.78, 5) is 12.0. The van der Waals surface area contributed by atoms with Gasteiger partial charge < -0.3 is 9.15 Å². The van der Waals surface area contributed by atoms with Gasteiger partial charge in [-0.1, -0.05) is 53.7 Å². The number of benzene rings is 2. The van der Waals surface area contributed by atoms with Gasteiger partial charge in [-0.15, -0.1) is 10.2 Å². The number of Topliss-reactive ketones (excluding diaryl/α,β-unsaturated/α-hetero) is 1. The van der Waals surface area contributed by atoms with Crippen LogP contribution in [0.25, 0.3) is 0 Å². The van der Waals surface area contributed by atoms with Gasteiger partial charge in [-0.05, 0) is 30.7 Å². The molecule has 0 radical (unpaired) electrons. The molecular formula is C19H17ClN2O3S. The quantitative estimate of drug-likeness (QED) is 0.290. The van der Waals surface area contributed by atoms with Crippen LogP contribution in [0.4, 0.5) is 0 Å². The average molecular weight is 389 g/mol. The maximum atomic E-state index is 12.0. The molecule has 0 aliphatic rings. The SMILES string of the molecule is O=C(CCCSc1nnc(COc2ccc(Cl)cc2)o1)c1ccccc1. The lowest BCUT2D eigenvalue weighted by Crippen LogP contribution is -1.99. The summed E-state index contributed by atoms with van der Waals surface area (Å²) in [5.74, 6) is 1.97. The molecular weight excluding hydrogens is 372 g/mol. The zero-order valence-corrected chi connectivity index (χ0v) is 15.5. The molecule has 0 bridgehead atoms. The lowest BCUT2D eigenvalue weighted by molar-refractivity contribution is 0.0982. The molecule has 0 saturated heterocycles. The molecule has 0 fully saturated rings. The van der Waals surface area contributed by atoms with E-state index in [0.717, 1.165) is 17.7 Å². The second-order valence-electron chi connectivity index (χ2n) is 5.45. The van der Waals surface area contributed by atoms with E-state index in [9.17, 15) is 4.79 Å². The topological polar surface area (TPSA) is 65.2 Å². The van der Waals surface area contributed by atoms with Gasteiger partial charge in [0.05, 0.1) is 0 Å². The highest BCUT2D eigenvalue weighted by Gasteiger charge is 2.09. The second kappa shape index (κ2) is 9.40. The molecule has 2 aromatic carbocycles. The van der Waals surface area contributed by atoms with E-state index in [0.29, 0.717) is 28.3 Å². The molecule has 0 unspecified atom stereocenters. The zero-order valence-electron chi connectivity index (χ0n) is 13.9. The van der Waals surface area contributed by atoms with Crippen molar-refractivity contribution < 1.29 is 13.9 Å². The first-order valence-corrected chi connectivity index (χ1v) is 9.49. The number of ketones is 1. The van der Waals surface area contributed by atoms with Crippen molar-refractivity contribution in [3.63, 3.8) is 0 Å². The van der Waals surface area contributed by atoms with Gasteiger partial charge in [0, 0.05) is 22.8 Å². The van der Waals surface area contributed by atoms with Gasteiger partial charge in [0.1, 0.15) is 5.75 Å². The lowest BCUT2D eigenvalue weighted by Gasteiger charge is -2.02. The fourth-order valence-electron chi connectivity index (χ4n) is 2.19. The normalized spacial score (nSPS) is 10.7. The fraction of sp³-hybridized carbons (Fsp3) is 0.211. The van der Waals surface area contributed by atoms with Gasteiger partial charge in [0.2, 0.25) is 0 Å². The molecule has 0 spiro atoms.